The summed E-state index contributed by atoms with van der Waals surface area (Å²) in [5, 5.41) is 5.74. The summed E-state index contributed by atoms with van der Waals surface area (Å²) in [6, 6.07) is 1.80. The molecule has 1 amide bonds. The van der Waals surface area contributed by atoms with Crippen LogP contribution in [0.25, 0.3) is 0 Å². The van der Waals surface area contributed by atoms with Crippen molar-refractivity contribution in [3.63, 3.8) is 0 Å². The van der Waals surface area contributed by atoms with Crippen LogP contribution in [0.2, 0.25) is 0 Å². The van der Waals surface area contributed by atoms with Gasteiger partial charge in [-0.15, -0.1) is 0 Å². The molecule has 2 aromatic heterocycles. The van der Waals surface area contributed by atoms with Crippen molar-refractivity contribution in [3.8, 4) is 0 Å². The quantitative estimate of drug-likeness (QED) is 0.709. The molecule has 0 saturated heterocycles. The Morgan fingerprint density at radius 1 is 1.19 bits per heavy atom. The Hall–Kier alpha value is -3.11. The molecule has 2 aliphatic rings. The van der Waals surface area contributed by atoms with Crippen molar-refractivity contribution in [3.05, 3.63) is 35.3 Å². The van der Waals surface area contributed by atoms with Crippen LogP contribution in [0.15, 0.2) is 18.5 Å². The molecule has 0 radical (unpaired) electrons. The molecule has 1 saturated carbocycles. The number of amides is 1. The molecule has 0 atom stereocenters. The number of ether oxygens (including phenoxy) is 1. The highest BCUT2D eigenvalue weighted by Crippen LogP contribution is 2.36. The largest absolute Gasteiger partial charge is 0.444 e. The molecule has 0 aromatic carbocycles. The highest BCUT2D eigenvalue weighted by atomic mass is 19.4. The van der Waals surface area contributed by atoms with Crippen LogP contribution >= 0.6 is 0 Å². The van der Waals surface area contributed by atoms with E-state index < -0.39 is 23.4 Å². The predicted octanol–water partition coefficient (Wildman–Crippen LogP) is 4.50. The molecular formula is C21H25F3N6O2. The van der Waals surface area contributed by atoms with Gasteiger partial charge in [0.1, 0.15) is 17.0 Å². The number of pyridine rings is 1. The molecule has 0 bridgehead atoms. The van der Waals surface area contributed by atoms with Crippen LogP contribution in [-0.4, -0.2) is 44.1 Å². The third-order valence-electron chi connectivity index (χ3n) is 4.96. The second-order valence-electron chi connectivity index (χ2n) is 8.98. The van der Waals surface area contributed by atoms with Crippen molar-refractivity contribution in [1.82, 2.24) is 19.9 Å². The Bertz CT molecular complexity index is 1020. The minimum absolute atomic E-state index is 0.00287. The van der Waals surface area contributed by atoms with Crippen molar-refractivity contribution in [2.45, 2.75) is 64.4 Å². The number of nitrogens with zero attached hydrogens (tertiary/aromatic N) is 4. The molecule has 2 aromatic rings. The van der Waals surface area contributed by atoms with E-state index >= 15 is 0 Å². The van der Waals surface area contributed by atoms with Gasteiger partial charge in [-0.3, -0.25) is 4.98 Å². The number of halogens is 3. The minimum atomic E-state index is -4.55. The number of hydrogen-bond donors (Lipinski definition) is 2. The maximum Gasteiger partial charge on any atom is 0.421 e. The summed E-state index contributed by atoms with van der Waals surface area (Å²) in [5.74, 6) is -0.206. The minimum Gasteiger partial charge on any atom is -0.444 e. The number of aromatic nitrogens is 3. The Labute approximate surface area is 183 Å². The SMILES string of the molecule is CC(C)(C)OC(=O)N1CCc2ncc(Nc3ncc(C(F)(F)F)c(NC4CC4)n3)cc2C1. The van der Waals surface area contributed by atoms with Gasteiger partial charge in [0.15, 0.2) is 0 Å². The topological polar surface area (TPSA) is 92.3 Å². The molecule has 0 unspecified atom stereocenters. The first-order chi connectivity index (χ1) is 15.0. The summed E-state index contributed by atoms with van der Waals surface area (Å²) in [6.07, 6.45) is -0.383. The summed E-state index contributed by atoms with van der Waals surface area (Å²) in [6.45, 7) is 6.25. The van der Waals surface area contributed by atoms with Gasteiger partial charge in [0.05, 0.1) is 18.4 Å². The van der Waals surface area contributed by atoms with Crippen LogP contribution in [0.3, 0.4) is 0 Å². The van der Waals surface area contributed by atoms with Crippen LogP contribution in [0, 0.1) is 0 Å². The number of nitrogens with one attached hydrogen (secondary N) is 2. The zero-order valence-corrected chi connectivity index (χ0v) is 18.1. The van der Waals surface area contributed by atoms with E-state index in [1.54, 1.807) is 17.2 Å². The van der Waals surface area contributed by atoms with Crippen molar-refractivity contribution < 1.29 is 22.7 Å². The fourth-order valence-corrected chi connectivity index (χ4v) is 3.29. The van der Waals surface area contributed by atoms with E-state index in [0.29, 0.717) is 25.2 Å². The number of rotatable bonds is 4. The monoisotopic (exact) mass is 450 g/mol. The van der Waals surface area contributed by atoms with Gasteiger partial charge in [0.25, 0.3) is 0 Å². The van der Waals surface area contributed by atoms with Crippen molar-refractivity contribution in [1.29, 1.82) is 0 Å². The molecular weight excluding hydrogens is 425 g/mol. The number of carbonyl (C=O) groups is 1. The van der Waals surface area contributed by atoms with Gasteiger partial charge in [-0.25, -0.2) is 9.78 Å². The zero-order chi connectivity index (χ0) is 23.1. The summed E-state index contributed by atoms with van der Waals surface area (Å²) in [7, 11) is 0. The fourth-order valence-electron chi connectivity index (χ4n) is 3.29. The zero-order valence-electron chi connectivity index (χ0n) is 18.1. The van der Waals surface area contributed by atoms with Crippen molar-refractivity contribution >= 4 is 23.5 Å². The molecule has 32 heavy (non-hydrogen) atoms. The van der Waals surface area contributed by atoms with Gasteiger partial charge >= 0.3 is 12.3 Å². The van der Waals surface area contributed by atoms with Gasteiger partial charge < -0.3 is 20.3 Å². The van der Waals surface area contributed by atoms with Crippen LogP contribution in [0.5, 0.6) is 0 Å². The average Bonchev–Trinajstić information content (AvgIpc) is 3.49. The molecule has 8 nitrogen and oxygen atoms in total. The second kappa shape index (κ2) is 8.10. The van der Waals surface area contributed by atoms with E-state index in [2.05, 4.69) is 25.6 Å². The summed E-state index contributed by atoms with van der Waals surface area (Å²) in [4.78, 5) is 26.3. The molecule has 1 aliphatic carbocycles. The highest BCUT2D eigenvalue weighted by molar-refractivity contribution is 5.69. The van der Waals surface area contributed by atoms with E-state index in [0.717, 1.165) is 30.3 Å². The van der Waals surface area contributed by atoms with E-state index in [4.69, 9.17) is 4.74 Å². The van der Waals surface area contributed by atoms with Crippen molar-refractivity contribution in [2.75, 3.05) is 17.2 Å². The van der Waals surface area contributed by atoms with Gasteiger partial charge in [-0.1, -0.05) is 0 Å². The number of fused-ring (bicyclic) bond motifs is 1. The van der Waals surface area contributed by atoms with Crippen LogP contribution in [0.4, 0.5) is 35.4 Å². The lowest BCUT2D eigenvalue weighted by molar-refractivity contribution is -0.137. The summed E-state index contributed by atoms with van der Waals surface area (Å²) >= 11 is 0. The molecule has 1 fully saturated rings. The first kappa shape index (κ1) is 22.1. The van der Waals surface area contributed by atoms with E-state index in [1.807, 2.05) is 20.8 Å². The third-order valence-corrected chi connectivity index (χ3v) is 4.96. The number of carbonyl (C=O) groups excluding carboxylic acids is 1. The molecule has 3 heterocycles. The van der Waals surface area contributed by atoms with Crippen LogP contribution in [-0.2, 0) is 23.9 Å². The average molecular weight is 450 g/mol. The van der Waals surface area contributed by atoms with E-state index in [9.17, 15) is 18.0 Å². The van der Waals surface area contributed by atoms with E-state index in [-0.39, 0.29) is 17.8 Å². The molecule has 0 spiro atoms. The molecule has 11 heteroatoms. The van der Waals surface area contributed by atoms with Crippen LogP contribution < -0.4 is 10.6 Å². The molecule has 2 N–H and O–H groups in total. The lowest BCUT2D eigenvalue weighted by Gasteiger charge is -2.31. The highest BCUT2D eigenvalue weighted by Gasteiger charge is 2.37. The Kier molecular flexibility index (Phi) is 5.59. The van der Waals surface area contributed by atoms with Crippen LogP contribution in [0.1, 0.15) is 50.4 Å². The van der Waals surface area contributed by atoms with Gasteiger partial charge in [0.2, 0.25) is 5.95 Å². The maximum atomic E-state index is 13.3. The fraction of sp³-hybridized carbons (Fsp3) is 0.524. The Morgan fingerprint density at radius 3 is 2.59 bits per heavy atom. The molecule has 1 aliphatic heterocycles. The first-order valence-corrected chi connectivity index (χ1v) is 10.4. The lowest BCUT2D eigenvalue weighted by atomic mass is 10.1. The molecule has 4 rings (SSSR count). The Morgan fingerprint density at radius 2 is 1.94 bits per heavy atom. The summed E-state index contributed by atoms with van der Waals surface area (Å²) in [5.41, 5.74) is 0.721. The number of hydrogen-bond acceptors (Lipinski definition) is 7. The Balaban J connectivity index is 1.51. The van der Waals surface area contributed by atoms with Gasteiger partial charge in [-0.2, -0.15) is 18.2 Å². The van der Waals surface area contributed by atoms with E-state index in [1.165, 1.54) is 0 Å². The van der Waals surface area contributed by atoms with Gasteiger partial charge in [-0.05, 0) is 45.2 Å². The summed E-state index contributed by atoms with van der Waals surface area (Å²) < 4.78 is 45.3. The maximum absolute atomic E-state index is 13.3. The second-order valence-corrected chi connectivity index (χ2v) is 8.98. The first-order valence-electron chi connectivity index (χ1n) is 10.4. The predicted molar refractivity (Wildman–Crippen MR) is 112 cm³/mol. The standard InChI is InChI=1S/C21H25F3N6O2/c1-20(2,3)32-19(31)30-7-6-16-12(11-30)8-14(9-25-16)28-18-26-10-15(21(22,23)24)17(29-18)27-13-4-5-13/h8-10,13H,4-7,11H2,1-3H3,(H2,26,27,28,29). The third kappa shape index (κ3) is 5.38. The lowest BCUT2D eigenvalue weighted by Crippen LogP contribution is -2.40. The normalized spacial score (nSPS) is 16.4. The molecule has 172 valence electrons. The smallest absolute Gasteiger partial charge is 0.421 e. The van der Waals surface area contributed by atoms with Gasteiger partial charge in [0, 0.05) is 30.9 Å². The number of anilines is 3. The number of alkyl halides is 3. The van der Waals surface area contributed by atoms with Crippen molar-refractivity contribution in [2.24, 2.45) is 0 Å².